The molecule has 2 atom stereocenters. The molecule has 0 radical (unpaired) electrons. The summed E-state index contributed by atoms with van der Waals surface area (Å²) in [4.78, 5) is 4.05. The second kappa shape index (κ2) is 4.42. The minimum atomic E-state index is 0.476. The Kier molecular flexibility index (Phi) is 2.92. The van der Waals surface area contributed by atoms with Crippen molar-refractivity contribution in [2.45, 2.75) is 44.4 Å². The second-order valence-corrected chi connectivity index (χ2v) is 5.35. The fourth-order valence-electron chi connectivity index (χ4n) is 3.41. The van der Waals surface area contributed by atoms with Crippen LogP contribution in [-0.4, -0.2) is 35.4 Å². The molecule has 1 N–H and O–H groups in total. The molecule has 1 aromatic heterocycles. The number of imidazole rings is 1. The van der Waals surface area contributed by atoms with Crippen molar-refractivity contribution in [3.63, 3.8) is 0 Å². The lowest BCUT2D eigenvalue weighted by Gasteiger charge is -2.61. The Bertz CT molecular complexity index is 359. The van der Waals surface area contributed by atoms with E-state index >= 15 is 0 Å². The number of hydrogen-bond acceptors (Lipinski definition) is 3. The molecule has 4 heteroatoms. The van der Waals surface area contributed by atoms with Gasteiger partial charge in [0.15, 0.2) is 0 Å². The standard InChI is InChI=1S/C13H21N3O/c1-17-12-9-11(13(12)3-2-4-13)15-6-8-16-7-5-14-10-16/h5,7,10-12,15H,2-4,6,8-9H2,1H3. The van der Waals surface area contributed by atoms with Crippen molar-refractivity contribution < 1.29 is 4.74 Å². The highest BCUT2D eigenvalue weighted by Gasteiger charge is 2.58. The van der Waals surface area contributed by atoms with Gasteiger partial charge in [0.1, 0.15) is 0 Å². The number of methoxy groups -OCH3 is 1. The summed E-state index contributed by atoms with van der Waals surface area (Å²) in [5, 5.41) is 3.69. The van der Waals surface area contributed by atoms with Crippen molar-refractivity contribution in [1.82, 2.24) is 14.9 Å². The van der Waals surface area contributed by atoms with Crippen molar-refractivity contribution in [2.24, 2.45) is 5.41 Å². The topological polar surface area (TPSA) is 39.1 Å². The van der Waals surface area contributed by atoms with Gasteiger partial charge in [-0.15, -0.1) is 0 Å². The van der Waals surface area contributed by atoms with Crippen LogP contribution in [0.3, 0.4) is 0 Å². The van der Waals surface area contributed by atoms with Gasteiger partial charge in [-0.05, 0) is 19.3 Å². The van der Waals surface area contributed by atoms with E-state index < -0.39 is 0 Å². The predicted molar refractivity (Wildman–Crippen MR) is 65.7 cm³/mol. The van der Waals surface area contributed by atoms with Crippen molar-refractivity contribution in [1.29, 1.82) is 0 Å². The highest BCUT2D eigenvalue weighted by atomic mass is 16.5. The molecular formula is C13H21N3O. The van der Waals surface area contributed by atoms with E-state index in [-0.39, 0.29) is 0 Å². The average molecular weight is 235 g/mol. The molecule has 2 fully saturated rings. The molecule has 94 valence electrons. The van der Waals surface area contributed by atoms with Crippen LogP contribution < -0.4 is 5.32 Å². The number of rotatable bonds is 5. The van der Waals surface area contributed by atoms with Crippen LogP contribution in [0.5, 0.6) is 0 Å². The highest BCUT2D eigenvalue weighted by Crippen LogP contribution is 2.56. The Morgan fingerprint density at radius 3 is 3.00 bits per heavy atom. The zero-order valence-corrected chi connectivity index (χ0v) is 10.4. The van der Waals surface area contributed by atoms with E-state index in [0.717, 1.165) is 13.1 Å². The summed E-state index contributed by atoms with van der Waals surface area (Å²) in [5.41, 5.74) is 0.476. The van der Waals surface area contributed by atoms with Crippen molar-refractivity contribution in [2.75, 3.05) is 13.7 Å². The molecule has 0 saturated heterocycles. The van der Waals surface area contributed by atoms with Gasteiger partial charge in [-0.2, -0.15) is 0 Å². The van der Waals surface area contributed by atoms with Crippen molar-refractivity contribution in [3.8, 4) is 0 Å². The Balaban J connectivity index is 1.47. The lowest BCUT2D eigenvalue weighted by atomic mass is 9.51. The third-order valence-electron chi connectivity index (χ3n) is 4.67. The second-order valence-electron chi connectivity index (χ2n) is 5.35. The molecular weight excluding hydrogens is 214 g/mol. The van der Waals surface area contributed by atoms with Gasteiger partial charge in [0.25, 0.3) is 0 Å². The van der Waals surface area contributed by atoms with Crippen LogP contribution in [0.1, 0.15) is 25.7 Å². The van der Waals surface area contributed by atoms with Gasteiger partial charge in [-0.1, -0.05) is 6.42 Å². The Hall–Kier alpha value is -0.870. The lowest BCUT2D eigenvalue weighted by Crippen LogP contribution is -2.66. The molecule has 17 heavy (non-hydrogen) atoms. The molecule has 4 nitrogen and oxygen atoms in total. The molecule has 1 aromatic rings. The molecule has 0 aromatic carbocycles. The molecule has 0 amide bonds. The van der Waals surface area contributed by atoms with E-state index in [9.17, 15) is 0 Å². The Labute approximate surface area is 102 Å². The van der Waals surface area contributed by atoms with Crippen LogP contribution in [0.25, 0.3) is 0 Å². The summed E-state index contributed by atoms with van der Waals surface area (Å²) >= 11 is 0. The Morgan fingerprint density at radius 1 is 1.53 bits per heavy atom. The molecule has 2 unspecified atom stereocenters. The zero-order valence-electron chi connectivity index (χ0n) is 10.4. The quantitative estimate of drug-likeness (QED) is 0.839. The normalized spacial score (nSPS) is 29.9. The van der Waals surface area contributed by atoms with E-state index in [1.54, 1.807) is 0 Å². The highest BCUT2D eigenvalue weighted by molar-refractivity contribution is 5.11. The number of hydrogen-bond donors (Lipinski definition) is 1. The first kappa shape index (κ1) is 11.2. The molecule has 0 bridgehead atoms. The monoisotopic (exact) mass is 235 g/mol. The summed E-state index contributed by atoms with van der Waals surface area (Å²) in [6.07, 6.45) is 11.5. The van der Waals surface area contributed by atoms with Gasteiger partial charge in [0.05, 0.1) is 12.4 Å². The fraction of sp³-hybridized carbons (Fsp3) is 0.769. The van der Waals surface area contributed by atoms with E-state index in [1.807, 2.05) is 25.8 Å². The molecule has 2 saturated carbocycles. The largest absolute Gasteiger partial charge is 0.381 e. The molecule has 2 aliphatic carbocycles. The number of nitrogens with one attached hydrogen (secondary N) is 1. The summed E-state index contributed by atoms with van der Waals surface area (Å²) in [7, 11) is 1.85. The number of aromatic nitrogens is 2. The molecule has 3 rings (SSSR count). The van der Waals surface area contributed by atoms with Gasteiger partial charge < -0.3 is 14.6 Å². The SMILES string of the molecule is COC1CC(NCCn2ccnc2)C12CCC2. The predicted octanol–water partition coefficient (Wildman–Crippen LogP) is 1.43. The fourth-order valence-corrected chi connectivity index (χ4v) is 3.41. The third-order valence-corrected chi connectivity index (χ3v) is 4.67. The van der Waals surface area contributed by atoms with Gasteiger partial charge in [-0.25, -0.2) is 4.98 Å². The van der Waals surface area contributed by atoms with Crippen LogP contribution >= 0.6 is 0 Å². The summed E-state index contributed by atoms with van der Waals surface area (Å²) in [5.74, 6) is 0. The van der Waals surface area contributed by atoms with Gasteiger partial charge >= 0.3 is 0 Å². The summed E-state index contributed by atoms with van der Waals surface area (Å²) in [6.45, 7) is 2.03. The summed E-state index contributed by atoms with van der Waals surface area (Å²) < 4.78 is 7.69. The van der Waals surface area contributed by atoms with Crippen LogP contribution in [0.2, 0.25) is 0 Å². The van der Waals surface area contributed by atoms with E-state index in [4.69, 9.17) is 4.74 Å². The first-order valence-corrected chi connectivity index (χ1v) is 6.57. The van der Waals surface area contributed by atoms with Crippen LogP contribution in [0.4, 0.5) is 0 Å². The smallest absolute Gasteiger partial charge is 0.0946 e. The molecule has 2 aliphatic rings. The van der Waals surface area contributed by atoms with Gasteiger partial charge in [0, 0.05) is 44.0 Å². The number of ether oxygens (including phenoxy) is 1. The van der Waals surface area contributed by atoms with E-state index in [1.165, 1.54) is 25.7 Å². The average Bonchev–Trinajstić information content (AvgIpc) is 2.72. The third kappa shape index (κ3) is 1.79. The molecule has 1 heterocycles. The van der Waals surface area contributed by atoms with Gasteiger partial charge in [-0.3, -0.25) is 0 Å². The first-order chi connectivity index (χ1) is 8.35. The van der Waals surface area contributed by atoms with Crippen LogP contribution in [0.15, 0.2) is 18.7 Å². The van der Waals surface area contributed by atoms with Crippen molar-refractivity contribution in [3.05, 3.63) is 18.7 Å². The maximum absolute atomic E-state index is 5.57. The minimum Gasteiger partial charge on any atom is -0.381 e. The first-order valence-electron chi connectivity index (χ1n) is 6.57. The van der Waals surface area contributed by atoms with Crippen LogP contribution in [0, 0.1) is 5.41 Å². The van der Waals surface area contributed by atoms with Gasteiger partial charge in [0.2, 0.25) is 0 Å². The lowest BCUT2D eigenvalue weighted by molar-refractivity contribution is -0.161. The molecule has 1 spiro atoms. The van der Waals surface area contributed by atoms with E-state index in [0.29, 0.717) is 17.6 Å². The van der Waals surface area contributed by atoms with Crippen LogP contribution in [-0.2, 0) is 11.3 Å². The van der Waals surface area contributed by atoms with E-state index in [2.05, 4.69) is 14.9 Å². The zero-order chi connectivity index (χ0) is 11.7. The Morgan fingerprint density at radius 2 is 2.41 bits per heavy atom. The maximum atomic E-state index is 5.57. The minimum absolute atomic E-state index is 0.476. The summed E-state index contributed by atoms with van der Waals surface area (Å²) in [6, 6.07) is 0.671. The maximum Gasteiger partial charge on any atom is 0.0946 e. The number of nitrogens with zero attached hydrogens (tertiary/aromatic N) is 2. The van der Waals surface area contributed by atoms with Crippen molar-refractivity contribution >= 4 is 0 Å². The molecule has 0 aliphatic heterocycles.